The topological polar surface area (TPSA) is 104 Å². The summed E-state index contributed by atoms with van der Waals surface area (Å²) in [5.74, 6) is 1.34. The molecule has 0 radical (unpaired) electrons. The summed E-state index contributed by atoms with van der Waals surface area (Å²) in [6.07, 6.45) is 3.43. The summed E-state index contributed by atoms with van der Waals surface area (Å²) in [7, 11) is 1.60. The van der Waals surface area contributed by atoms with Gasteiger partial charge in [-0.1, -0.05) is 26.0 Å². The third-order valence-corrected chi connectivity index (χ3v) is 5.73. The first-order valence-corrected chi connectivity index (χ1v) is 11.1. The van der Waals surface area contributed by atoms with E-state index >= 15 is 0 Å². The monoisotopic (exact) mass is 455 g/mol. The van der Waals surface area contributed by atoms with E-state index in [-0.39, 0.29) is 11.6 Å². The number of methoxy groups -OCH3 is 1. The Morgan fingerprint density at radius 1 is 1.12 bits per heavy atom. The molecule has 0 aliphatic heterocycles. The fraction of sp³-hybridized carbons (Fsp3) is 0.240. The van der Waals surface area contributed by atoms with Crippen molar-refractivity contribution in [3.8, 4) is 23.0 Å². The fourth-order valence-corrected chi connectivity index (χ4v) is 4.02. The number of pyridine rings is 1. The first-order valence-electron chi connectivity index (χ1n) is 11.1. The molecule has 0 bridgehead atoms. The molecule has 1 aromatic carbocycles. The Balaban J connectivity index is 1.50. The molecule has 4 heterocycles. The number of imidazole rings is 1. The summed E-state index contributed by atoms with van der Waals surface area (Å²) >= 11 is 0. The van der Waals surface area contributed by atoms with Gasteiger partial charge < -0.3 is 9.72 Å². The summed E-state index contributed by atoms with van der Waals surface area (Å²) in [5, 5.41) is 4.43. The van der Waals surface area contributed by atoms with Crippen molar-refractivity contribution in [2.45, 2.75) is 33.2 Å². The van der Waals surface area contributed by atoms with E-state index in [0.717, 1.165) is 28.2 Å². The van der Waals surface area contributed by atoms with Gasteiger partial charge in [0, 0.05) is 23.5 Å². The number of benzene rings is 1. The van der Waals surface area contributed by atoms with Crippen LogP contribution in [0.15, 0.2) is 59.7 Å². The average molecular weight is 456 g/mol. The number of nitrogens with zero attached hydrogens (tertiary/aromatic N) is 6. The molecule has 0 amide bonds. The van der Waals surface area contributed by atoms with Gasteiger partial charge >= 0.3 is 5.69 Å². The molecule has 0 atom stereocenters. The van der Waals surface area contributed by atoms with Gasteiger partial charge in [-0.2, -0.15) is 0 Å². The molecule has 172 valence electrons. The highest BCUT2D eigenvalue weighted by Gasteiger charge is 2.16. The average Bonchev–Trinajstić information content (AvgIpc) is 3.38. The number of aromatic nitrogens is 7. The van der Waals surface area contributed by atoms with Crippen molar-refractivity contribution in [1.82, 2.24) is 34.3 Å². The van der Waals surface area contributed by atoms with Crippen LogP contribution in [0.5, 0.6) is 5.88 Å². The van der Waals surface area contributed by atoms with Crippen molar-refractivity contribution in [2.24, 2.45) is 0 Å². The molecule has 34 heavy (non-hydrogen) atoms. The summed E-state index contributed by atoms with van der Waals surface area (Å²) in [4.78, 5) is 29.3. The van der Waals surface area contributed by atoms with E-state index in [2.05, 4.69) is 33.9 Å². The van der Waals surface area contributed by atoms with Gasteiger partial charge in [0.2, 0.25) is 5.88 Å². The molecule has 5 rings (SSSR count). The highest BCUT2D eigenvalue weighted by molar-refractivity contribution is 5.73. The van der Waals surface area contributed by atoms with Crippen LogP contribution in [-0.2, 0) is 6.54 Å². The molecule has 0 fully saturated rings. The van der Waals surface area contributed by atoms with Gasteiger partial charge in [-0.05, 0) is 42.7 Å². The number of hydrogen-bond donors (Lipinski definition) is 1. The van der Waals surface area contributed by atoms with Crippen LogP contribution in [0.3, 0.4) is 0 Å². The molecule has 0 saturated heterocycles. The lowest BCUT2D eigenvalue weighted by Gasteiger charge is -2.10. The smallest absolute Gasteiger partial charge is 0.328 e. The zero-order chi connectivity index (χ0) is 23.8. The van der Waals surface area contributed by atoms with Crippen LogP contribution in [0, 0.1) is 6.92 Å². The van der Waals surface area contributed by atoms with Crippen LogP contribution in [0.1, 0.15) is 36.7 Å². The molecule has 1 N–H and O–H groups in total. The highest BCUT2D eigenvalue weighted by Crippen LogP contribution is 2.25. The second kappa shape index (κ2) is 8.58. The molecular weight excluding hydrogens is 430 g/mol. The Hall–Kier alpha value is -4.27. The SMILES string of the molecule is COc1cc(C)n(-c2ccc(Cn3c(=O)[nH]c4cnc(-c5cccnc5C(C)C)nc43)cc2)n1. The van der Waals surface area contributed by atoms with Gasteiger partial charge in [0.1, 0.15) is 5.52 Å². The summed E-state index contributed by atoms with van der Waals surface area (Å²) in [6, 6.07) is 13.6. The quantitative estimate of drug-likeness (QED) is 0.417. The third-order valence-electron chi connectivity index (χ3n) is 5.73. The summed E-state index contributed by atoms with van der Waals surface area (Å²) in [6.45, 7) is 6.52. The molecule has 0 saturated carbocycles. The predicted octanol–water partition coefficient (Wildman–Crippen LogP) is 3.86. The van der Waals surface area contributed by atoms with Crippen molar-refractivity contribution >= 4 is 11.2 Å². The van der Waals surface area contributed by atoms with E-state index in [1.807, 2.05) is 54.1 Å². The fourth-order valence-electron chi connectivity index (χ4n) is 4.02. The summed E-state index contributed by atoms with van der Waals surface area (Å²) < 4.78 is 8.67. The normalized spacial score (nSPS) is 11.4. The predicted molar refractivity (Wildman–Crippen MR) is 129 cm³/mol. The maximum Gasteiger partial charge on any atom is 0.328 e. The Labute approximate surface area is 196 Å². The van der Waals surface area contributed by atoms with E-state index in [4.69, 9.17) is 9.72 Å². The molecule has 0 aliphatic carbocycles. The van der Waals surface area contributed by atoms with Crippen LogP contribution in [-0.4, -0.2) is 41.4 Å². The summed E-state index contributed by atoms with van der Waals surface area (Å²) in [5.41, 5.74) is 5.57. The number of aromatic amines is 1. The zero-order valence-electron chi connectivity index (χ0n) is 19.5. The lowest BCUT2D eigenvalue weighted by Crippen LogP contribution is -2.18. The van der Waals surface area contributed by atoms with E-state index in [9.17, 15) is 4.79 Å². The van der Waals surface area contributed by atoms with Crippen LogP contribution in [0.25, 0.3) is 28.2 Å². The van der Waals surface area contributed by atoms with E-state index < -0.39 is 0 Å². The Bertz CT molecular complexity index is 1530. The molecular formula is C25H25N7O2. The number of hydrogen-bond acceptors (Lipinski definition) is 6. The number of ether oxygens (including phenoxy) is 1. The third kappa shape index (κ3) is 3.85. The number of fused-ring (bicyclic) bond motifs is 1. The van der Waals surface area contributed by atoms with Crippen LogP contribution >= 0.6 is 0 Å². The van der Waals surface area contributed by atoms with E-state index in [1.165, 1.54) is 0 Å². The Morgan fingerprint density at radius 2 is 1.91 bits per heavy atom. The van der Waals surface area contributed by atoms with Crippen molar-refractivity contribution in [2.75, 3.05) is 7.11 Å². The van der Waals surface area contributed by atoms with Crippen molar-refractivity contribution in [3.63, 3.8) is 0 Å². The first kappa shape index (κ1) is 21.6. The number of rotatable bonds is 6. The molecule has 9 heteroatoms. The maximum absolute atomic E-state index is 12.7. The minimum Gasteiger partial charge on any atom is -0.480 e. The molecule has 9 nitrogen and oxygen atoms in total. The highest BCUT2D eigenvalue weighted by atomic mass is 16.5. The Morgan fingerprint density at radius 3 is 2.62 bits per heavy atom. The molecule has 0 aliphatic rings. The lowest BCUT2D eigenvalue weighted by molar-refractivity contribution is 0.394. The molecule has 0 unspecified atom stereocenters. The van der Waals surface area contributed by atoms with Gasteiger partial charge in [0.25, 0.3) is 0 Å². The standard InChI is InChI=1S/C25H25N7O2/c1-15(2)22-19(6-5-11-26-22)23-27-13-20-24(29-23)31(25(33)28-20)14-17-7-9-18(10-8-17)32-16(3)12-21(30-32)34-4/h5-13,15H,14H2,1-4H3,(H,28,33). The maximum atomic E-state index is 12.7. The number of H-pyrrole nitrogens is 1. The minimum atomic E-state index is -0.228. The van der Waals surface area contributed by atoms with Crippen LogP contribution in [0.2, 0.25) is 0 Å². The van der Waals surface area contributed by atoms with Gasteiger partial charge in [0.05, 0.1) is 31.2 Å². The van der Waals surface area contributed by atoms with Crippen molar-refractivity contribution < 1.29 is 4.74 Å². The first-order chi connectivity index (χ1) is 16.4. The van der Waals surface area contributed by atoms with Gasteiger partial charge in [0.15, 0.2) is 11.5 Å². The molecule has 5 aromatic rings. The van der Waals surface area contributed by atoms with Gasteiger partial charge in [-0.25, -0.2) is 19.4 Å². The lowest BCUT2D eigenvalue weighted by atomic mass is 10.0. The minimum absolute atomic E-state index is 0.223. The number of nitrogens with one attached hydrogen (secondary N) is 1. The van der Waals surface area contributed by atoms with Crippen molar-refractivity contribution in [3.05, 3.63) is 82.3 Å². The van der Waals surface area contributed by atoms with Crippen LogP contribution < -0.4 is 10.4 Å². The Kier molecular flexibility index (Phi) is 5.45. The van der Waals surface area contributed by atoms with Crippen molar-refractivity contribution in [1.29, 1.82) is 0 Å². The zero-order valence-corrected chi connectivity index (χ0v) is 19.5. The van der Waals surface area contributed by atoms with Gasteiger partial charge in [-0.3, -0.25) is 9.55 Å². The molecule has 0 spiro atoms. The van der Waals surface area contributed by atoms with Gasteiger partial charge in [-0.15, -0.1) is 5.10 Å². The number of aryl methyl sites for hydroxylation is 1. The van der Waals surface area contributed by atoms with E-state index in [1.54, 1.807) is 24.1 Å². The second-order valence-corrected chi connectivity index (χ2v) is 8.44. The molecule has 4 aromatic heterocycles. The van der Waals surface area contributed by atoms with E-state index in [0.29, 0.717) is 29.4 Å². The second-order valence-electron chi connectivity index (χ2n) is 8.44. The van der Waals surface area contributed by atoms with Crippen LogP contribution in [0.4, 0.5) is 0 Å². The largest absolute Gasteiger partial charge is 0.480 e.